The van der Waals surface area contributed by atoms with Crippen molar-refractivity contribution in [2.75, 3.05) is 6.54 Å². The molecule has 1 N–H and O–H groups in total. The third-order valence-corrected chi connectivity index (χ3v) is 6.80. The number of nitrogens with one attached hydrogen (secondary N) is 1. The van der Waals surface area contributed by atoms with E-state index < -0.39 is 0 Å². The molecule has 0 unspecified atom stereocenters. The second kappa shape index (κ2) is 9.05. The second-order valence-corrected chi connectivity index (χ2v) is 10.1. The number of carbonyl (C=O) groups excluding carboxylic acids is 2. The lowest BCUT2D eigenvalue weighted by Gasteiger charge is -2.30. The Hall–Kier alpha value is -3.48. The van der Waals surface area contributed by atoms with Gasteiger partial charge in [0.25, 0.3) is 0 Å². The van der Waals surface area contributed by atoms with E-state index in [0.29, 0.717) is 26.1 Å². The van der Waals surface area contributed by atoms with Crippen LogP contribution in [0.4, 0.5) is 4.79 Å². The molecule has 7 heteroatoms. The molecule has 1 saturated heterocycles. The number of aromatic nitrogens is 3. The molecule has 1 aliphatic heterocycles. The lowest BCUT2D eigenvalue weighted by Crippen LogP contribution is -2.39. The van der Waals surface area contributed by atoms with Crippen molar-refractivity contribution in [1.82, 2.24) is 25.0 Å². The van der Waals surface area contributed by atoms with Gasteiger partial charge in [0.15, 0.2) is 5.78 Å². The van der Waals surface area contributed by atoms with Crippen LogP contribution in [0.5, 0.6) is 0 Å². The molecule has 34 heavy (non-hydrogen) atoms. The normalized spacial score (nSPS) is 19.2. The molecule has 1 aliphatic carbocycles. The molecule has 1 aromatic carbocycles. The van der Waals surface area contributed by atoms with E-state index in [2.05, 4.69) is 24.1 Å². The Labute approximate surface area is 200 Å². The second-order valence-electron chi connectivity index (χ2n) is 10.1. The molecule has 2 amide bonds. The Bertz CT molecular complexity index is 1190. The number of nitrogens with zero attached hydrogens (tertiary/aromatic N) is 4. The van der Waals surface area contributed by atoms with Crippen molar-refractivity contribution < 1.29 is 9.59 Å². The van der Waals surface area contributed by atoms with Crippen LogP contribution in [0.2, 0.25) is 0 Å². The maximum absolute atomic E-state index is 13.3. The molecule has 1 atom stereocenters. The summed E-state index contributed by atoms with van der Waals surface area (Å²) in [6.07, 6.45) is 4.75. The molecule has 0 saturated carbocycles. The first kappa shape index (κ1) is 22.3. The number of benzene rings is 1. The van der Waals surface area contributed by atoms with Gasteiger partial charge in [0.2, 0.25) is 0 Å². The van der Waals surface area contributed by atoms with Gasteiger partial charge >= 0.3 is 6.03 Å². The van der Waals surface area contributed by atoms with Crippen molar-refractivity contribution in [3.8, 4) is 0 Å². The summed E-state index contributed by atoms with van der Waals surface area (Å²) < 4.78 is 1.95. The molecule has 0 radical (unpaired) electrons. The van der Waals surface area contributed by atoms with Crippen LogP contribution in [0.25, 0.3) is 0 Å². The summed E-state index contributed by atoms with van der Waals surface area (Å²) in [4.78, 5) is 32.8. The molecular weight excluding hydrogens is 426 g/mol. The van der Waals surface area contributed by atoms with E-state index >= 15 is 0 Å². The highest BCUT2D eigenvalue weighted by Gasteiger charge is 2.41. The summed E-state index contributed by atoms with van der Waals surface area (Å²) in [5.41, 5.74) is 4.28. The molecule has 0 bridgehead atoms. The van der Waals surface area contributed by atoms with Crippen molar-refractivity contribution in [2.45, 2.75) is 58.7 Å². The molecule has 3 heterocycles. The van der Waals surface area contributed by atoms with E-state index in [0.717, 1.165) is 47.5 Å². The van der Waals surface area contributed by atoms with E-state index in [9.17, 15) is 9.59 Å². The Morgan fingerprint density at radius 2 is 1.91 bits per heavy atom. The number of likely N-dealkylation sites (tertiary alicyclic amines) is 1. The Morgan fingerprint density at radius 1 is 1.12 bits per heavy atom. The average Bonchev–Trinajstić information content (AvgIpc) is 3.43. The average molecular weight is 458 g/mol. The standard InChI is InChI=1S/C27H31N5O2/c1-27(2)15-22-24(23(33)16-27)25(30-32(22)18-20-11-6-7-13-28-20)21-12-8-14-31(21)26(34)29-17-19-9-4-3-5-10-19/h3-7,9-11,13,21H,8,12,14-18H2,1-2H3,(H,29,34)/t21-/m1/s1. The molecule has 0 spiro atoms. The largest absolute Gasteiger partial charge is 0.334 e. The summed E-state index contributed by atoms with van der Waals surface area (Å²) in [6, 6.07) is 15.4. The molecule has 5 rings (SSSR count). The van der Waals surface area contributed by atoms with Gasteiger partial charge in [0.05, 0.1) is 35.2 Å². The smallest absolute Gasteiger partial charge is 0.318 e. The summed E-state index contributed by atoms with van der Waals surface area (Å²) in [7, 11) is 0. The predicted molar refractivity (Wildman–Crippen MR) is 129 cm³/mol. The highest BCUT2D eigenvalue weighted by Crippen LogP contribution is 2.41. The first-order valence-corrected chi connectivity index (χ1v) is 12.0. The number of urea groups is 1. The Kier molecular flexibility index (Phi) is 5.94. The minimum absolute atomic E-state index is 0.108. The number of pyridine rings is 1. The van der Waals surface area contributed by atoms with Gasteiger partial charge in [-0.15, -0.1) is 0 Å². The van der Waals surface area contributed by atoms with Crippen LogP contribution in [-0.4, -0.2) is 38.0 Å². The molecule has 7 nitrogen and oxygen atoms in total. The number of carbonyl (C=O) groups is 2. The number of fused-ring (bicyclic) bond motifs is 1. The van der Waals surface area contributed by atoms with Crippen LogP contribution in [-0.2, 0) is 19.5 Å². The fourth-order valence-electron chi connectivity index (χ4n) is 5.22. The highest BCUT2D eigenvalue weighted by atomic mass is 16.2. The molecular formula is C27H31N5O2. The van der Waals surface area contributed by atoms with Gasteiger partial charge in [-0.3, -0.25) is 14.5 Å². The zero-order chi connectivity index (χ0) is 23.7. The third kappa shape index (κ3) is 4.47. The van der Waals surface area contributed by atoms with Crippen LogP contribution in [0.15, 0.2) is 54.7 Å². The van der Waals surface area contributed by atoms with Gasteiger partial charge in [-0.25, -0.2) is 4.79 Å². The van der Waals surface area contributed by atoms with Crippen molar-refractivity contribution in [3.63, 3.8) is 0 Å². The van der Waals surface area contributed by atoms with Gasteiger partial charge in [-0.05, 0) is 42.4 Å². The number of ketones is 1. The molecule has 3 aromatic rings. The summed E-state index contributed by atoms with van der Waals surface area (Å²) in [5, 5.41) is 8.02. The van der Waals surface area contributed by atoms with Gasteiger partial charge in [-0.2, -0.15) is 5.10 Å². The Balaban J connectivity index is 1.45. The summed E-state index contributed by atoms with van der Waals surface area (Å²) in [5.74, 6) is 0.130. The first-order chi connectivity index (χ1) is 16.4. The topological polar surface area (TPSA) is 80.1 Å². The van der Waals surface area contributed by atoms with Gasteiger partial charge in [0.1, 0.15) is 0 Å². The Morgan fingerprint density at radius 3 is 2.68 bits per heavy atom. The molecule has 2 aliphatic rings. The van der Waals surface area contributed by atoms with Gasteiger partial charge < -0.3 is 10.2 Å². The number of hydrogen-bond donors (Lipinski definition) is 1. The van der Waals surface area contributed by atoms with Crippen molar-refractivity contribution in [3.05, 3.63) is 82.9 Å². The van der Waals surface area contributed by atoms with Gasteiger partial charge in [0, 0.05) is 25.7 Å². The first-order valence-electron chi connectivity index (χ1n) is 12.0. The zero-order valence-corrected chi connectivity index (χ0v) is 19.8. The molecule has 176 valence electrons. The highest BCUT2D eigenvalue weighted by molar-refractivity contribution is 6.00. The predicted octanol–water partition coefficient (Wildman–Crippen LogP) is 4.53. The molecule has 2 aromatic heterocycles. The lowest BCUT2D eigenvalue weighted by atomic mass is 9.75. The maximum Gasteiger partial charge on any atom is 0.318 e. The monoisotopic (exact) mass is 457 g/mol. The fourth-order valence-corrected chi connectivity index (χ4v) is 5.22. The van der Waals surface area contributed by atoms with Crippen LogP contribution in [0, 0.1) is 5.41 Å². The van der Waals surface area contributed by atoms with E-state index in [1.165, 1.54) is 0 Å². The van der Waals surface area contributed by atoms with E-state index in [1.807, 2.05) is 58.1 Å². The minimum atomic E-state index is -0.195. The van der Waals surface area contributed by atoms with E-state index in [-0.39, 0.29) is 23.3 Å². The number of hydrogen-bond acceptors (Lipinski definition) is 4. The third-order valence-electron chi connectivity index (χ3n) is 6.80. The van der Waals surface area contributed by atoms with Crippen LogP contribution in [0.3, 0.4) is 0 Å². The fraction of sp³-hybridized carbons (Fsp3) is 0.407. The quantitative estimate of drug-likeness (QED) is 0.611. The SMILES string of the molecule is CC1(C)CC(=O)c2c([C@H]3CCCN3C(=O)NCc3ccccc3)nn(Cc3ccccn3)c2C1. The van der Waals surface area contributed by atoms with Gasteiger partial charge in [-0.1, -0.05) is 50.2 Å². The number of Topliss-reactive ketones (excluding diaryl/α,β-unsaturated/α-hetero) is 1. The number of rotatable bonds is 5. The lowest BCUT2D eigenvalue weighted by molar-refractivity contribution is 0.0907. The van der Waals surface area contributed by atoms with E-state index in [4.69, 9.17) is 5.10 Å². The van der Waals surface area contributed by atoms with Crippen LogP contribution in [0.1, 0.15) is 72.2 Å². The number of amides is 2. The van der Waals surface area contributed by atoms with Crippen molar-refractivity contribution in [2.24, 2.45) is 5.41 Å². The van der Waals surface area contributed by atoms with Crippen LogP contribution < -0.4 is 5.32 Å². The maximum atomic E-state index is 13.3. The van der Waals surface area contributed by atoms with Crippen molar-refractivity contribution in [1.29, 1.82) is 0 Å². The minimum Gasteiger partial charge on any atom is -0.334 e. The molecule has 1 fully saturated rings. The van der Waals surface area contributed by atoms with E-state index in [1.54, 1.807) is 6.20 Å². The van der Waals surface area contributed by atoms with Crippen LogP contribution >= 0.6 is 0 Å². The summed E-state index contributed by atoms with van der Waals surface area (Å²) >= 11 is 0. The zero-order valence-electron chi connectivity index (χ0n) is 19.8. The summed E-state index contributed by atoms with van der Waals surface area (Å²) in [6.45, 7) is 5.91. The van der Waals surface area contributed by atoms with Crippen molar-refractivity contribution >= 4 is 11.8 Å².